The van der Waals surface area contributed by atoms with Gasteiger partial charge < -0.3 is 5.32 Å². The van der Waals surface area contributed by atoms with E-state index in [0.29, 0.717) is 5.56 Å². The fraction of sp³-hybridized carbons (Fsp3) is 0.200. The Hall–Kier alpha value is -1.26. The van der Waals surface area contributed by atoms with Gasteiger partial charge in [0.25, 0.3) is 0 Å². The van der Waals surface area contributed by atoms with Gasteiger partial charge in [0.15, 0.2) is 11.6 Å². The summed E-state index contributed by atoms with van der Waals surface area (Å²) in [5.41, 5.74) is 2.80. The average Bonchev–Trinajstić information content (AvgIpc) is 2.39. The lowest BCUT2D eigenvalue weighted by Gasteiger charge is -2.20. The molecule has 0 aliphatic rings. The Balaban J connectivity index is 2.50. The minimum Gasteiger partial charge on any atom is -0.309 e. The molecule has 0 aliphatic carbocycles. The lowest BCUT2D eigenvalue weighted by atomic mass is 9.95. The molecule has 0 fully saturated rings. The zero-order valence-electron chi connectivity index (χ0n) is 10.7. The third-order valence-electron chi connectivity index (χ3n) is 3.19. The predicted octanol–water partition coefficient (Wildman–Crippen LogP) is 4.34. The Morgan fingerprint density at radius 2 is 1.84 bits per heavy atom. The molecule has 0 bridgehead atoms. The Morgan fingerprint density at radius 3 is 2.47 bits per heavy atom. The molecule has 1 atom stereocenters. The van der Waals surface area contributed by atoms with Gasteiger partial charge in [-0.1, -0.05) is 34.1 Å². The molecule has 0 aromatic heterocycles. The van der Waals surface area contributed by atoms with E-state index in [4.69, 9.17) is 0 Å². The van der Waals surface area contributed by atoms with E-state index in [1.807, 2.05) is 25.1 Å². The van der Waals surface area contributed by atoms with Crippen LogP contribution in [0.15, 0.2) is 40.9 Å². The van der Waals surface area contributed by atoms with Gasteiger partial charge in [0.2, 0.25) is 0 Å². The molecule has 0 amide bonds. The van der Waals surface area contributed by atoms with Crippen molar-refractivity contribution >= 4 is 15.9 Å². The molecule has 0 spiro atoms. The summed E-state index contributed by atoms with van der Waals surface area (Å²) in [5.74, 6) is -1.66. The van der Waals surface area contributed by atoms with Gasteiger partial charge in [-0.2, -0.15) is 0 Å². The second-order valence-corrected chi connectivity index (χ2v) is 5.20. The van der Waals surface area contributed by atoms with Crippen molar-refractivity contribution in [3.05, 3.63) is 69.2 Å². The van der Waals surface area contributed by atoms with Crippen molar-refractivity contribution in [2.45, 2.75) is 13.0 Å². The van der Waals surface area contributed by atoms with Crippen LogP contribution in [-0.2, 0) is 0 Å². The zero-order valence-corrected chi connectivity index (χ0v) is 12.3. The first-order valence-electron chi connectivity index (χ1n) is 5.92. The monoisotopic (exact) mass is 325 g/mol. The zero-order chi connectivity index (χ0) is 14.0. The van der Waals surface area contributed by atoms with Gasteiger partial charge in [-0.25, -0.2) is 8.78 Å². The van der Waals surface area contributed by atoms with Crippen LogP contribution in [-0.4, -0.2) is 7.05 Å². The molecule has 0 radical (unpaired) electrons. The Morgan fingerprint density at radius 1 is 1.11 bits per heavy atom. The molecule has 100 valence electrons. The first-order valence-corrected chi connectivity index (χ1v) is 6.71. The largest absolute Gasteiger partial charge is 0.309 e. The molecule has 2 aromatic carbocycles. The van der Waals surface area contributed by atoms with Crippen LogP contribution in [0.25, 0.3) is 0 Å². The third kappa shape index (κ3) is 2.85. The van der Waals surface area contributed by atoms with E-state index in [9.17, 15) is 8.78 Å². The molecule has 0 aliphatic heterocycles. The van der Waals surface area contributed by atoms with Gasteiger partial charge in [0.1, 0.15) is 0 Å². The van der Waals surface area contributed by atoms with Gasteiger partial charge in [-0.15, -0.1) is 0 Å². The summed E-state index contributed by atoms with van der Waals surface area (Å²) < 4.78 is 27.4. The van der Waals surface area contributed by atoms with Crippen LogP contribution in [0.4, 0.5) is 8.78 Å². The van der Waals surface area contributed by atoms with Crippen LogP contribution in [0.2, 0.25) is 0 Å². The first-order chi connectivity index (χ1) is 9.04. The van der Waals surface area contributed by atoms with Gasteiger partial charge in [-0.05, 0) is 48.9 Å². The van der Waals surface area contributed by atoms with Crippen molar-refractivity contribution < 1.29 is 8.78 Å². The van der Waals surface area contributed by atoms with Crippen LogP contribution in [0.3, 0.4) is 0 Å². The molecular formula is C15H14BrF2N. The molecule has 2 rings (SSSR count). The second-order valence-electron chi connectivity index (χ2n) is 4.35. The van der Waals surface area contributed by atoms with Gasteiger partial charge in [0.05, 0.1) is 6.04 Å². The van der Waals surface area contributed by atoms with Crippen LogP contribution < -0.4 is 5.32 Å². The molecule has 0 heterocycles. The number of hydrogen-bond acceptors (Lipinski definition) is 1. The summed E-state index contributed by atoms with van der Waals surface area (Å²) in [7, 11) is 1.80. The van der Waals surface area contributed by atoms with E-state index in [-0.39, 0.29) is 6.04 Å². The van der Waals surface area contributed by atoms with Crippen LogP contribution in [0, 0.1) is 18.6 Å². The molecule has 2 aromatic rings. The van der Waals surface area contributed by atoms with Crippen molar-refractivity contribution in [2.24, 2.45) is 0 Å². The summed E-state index contributed by atoms with van der Waals surface area (Å²) in [6, 6.07) is 9.67. The van der Waals surface area contributed by atoms with Gasteiger partial charge >= 0.3 is 0 Å². The summed E-state index contributed by atoms with van der Waals surface area (Å²) in [6.45, 7) is 1.99. The van der Waals surface area contributed by atoms with Crippen LogP contribution in [0.5, 0.6) is 0 Å². The van der Waals surface area contributed by atoms with Crippen molar-refractivity contribution in [1.82, 2.24) is 5.32 Å². The van der Waals surface area contributed by atoms with E-state index in [1.54, 1.807) is 13.1 Å². The Bertz CT molecular complexity index is 599. The normalized spacial score (nSPS) is 12.5. The highest BCUT2D eigenvalue weighted by atomic mass is 79.9. The molecule has 1 nitrogen and oxygen atoms in total. The second kappa shape index (κ2) is 5.80. The number of hydrogen-bond donors (Lipinski definition) is 1. The van der Waals surface area contributed by atoms with Gasteiger partial charge in [0, 0.05) is 4.47 Å². The quantitative estimate of drug-likeness (QED) is 0.884. The summed E-state index contributed by atoms with van der Waals surface area (Å²) in [4.78, 5) is 0. The maximum absolute atomic E-state index is 13.4. The maximum Gasteiger partial charge on any atom is 0.159 e. The fourth-order valence-electron chi connectivity index (χ4n) is 2.13. The fourth-order valence-corrected chi connectivity index (χ4v) is 2.51. The van der Waals surface area contributed by atoms with E-state index in [0.717, 1.165) is 21.7 Å². The smallest absolute Gasteiger partial charge is 0.159 e. The third-order valence-corrected chi connectivity index (χ3v) is 4.05. The SMILES string of the molecule is CNC(c1ccc(F)c(F)c1)c1cccc(Br)c1C. The molecule has 1 N–H and O–H groups in total. The number of benzene rings is 2. The van der Waals surface area contributed by atoms with Crippen LogP contribution in [0.1, 0.15) is 22.7 Å². The number of halogens is 3. The first kappa shape index (κ1) is 14.2. The van der Waals surface area contributed by atoms with Crippen LogP contribution >= 0.6 is 15.9 Å². The van der Waals surface area contributed by atoms with Crippen molar-refractivity contribution in [1.29, 1.82) is 0 Å². The van der Waals surface area contributed by atoms with Gasteiger partial charge in [-0.3, -0.25) is 0 Å². The lowest BCUT2D eigenvalue weighted by Crippen LogP contribution is -2.19. The maximum atomic E-state index is 13.4. The number of rotatable bonds is 3. The highest BCUT2D eigenvalue weighted by molar-refractivity contribution is 9.10. The standard InChI is InChI=1S/C15H14BrF2N/c1-9-11(4-3-5-12(9)16)15(19-2)10-6-7-13(17)14(18)8-10/h3-8,15,19H,1-2H3. The number of nitrogens with one attached hydrogen (secondary N) is 1. The molecular weight excluding hydrogens is 312 g/mol. The van der Waals surface area contributed by atoms with E-state index >= 15 is 0 Å². The molecule has 0 saturated heterocycles. The summed E-state index contributed by atoms with van der Waals surface area (Å²) >= 11 is 3.48. The van der Waals surface area contributed by atoms with E-state index in [2.05, 4.69) is 21.2 Å². The highest BCUT2D eigenvalue weighted by Gasteiger charge is 2.16. The van der Waals surface area contributed by atoms with Crippen molar-refractivity contribution in [3.63, 3.8) is 0 Å². The molecule has 19 heavy (non-hydrogen) atoms. The highest BCUT2D eigenvalue weighted by Crippen LogP contribution is 2.29. The Labute approximate surface area is 119 Å². The summed E-state index contributed by atoms with van der Waals surface area (Å²) in [5, 5.41) is 3.14. The van der Waals surface area contributed by atoms with Crippen molar-refractivity contribution in [3.8, 4) is 0 Å². The van der Waals surface area contributed by atoms with E-state index in [1.165, 1.54) is 6.07 Å². The molecule has 1 unspecified atom stereocenters. The molecule has 0 saturated carbocycles. The average molecular weight is 326 g/mol. The predicted molar refractivity (Wildman–Crippen MR) is 76.1 cm³/mol. The minimum atomic E-state index is -0.829. The molecule has 4 heteroatoms. The van der Waals surface area contributed by atoms with Crippen molar-refractivity contribution in [2.75, 3.05) is 7.05 Å². The topological polar surface area (TPSA) is 12.0 Å². The summed E-state index contributed by atoms with van der Waals surface area (Å²) in [6.07, 6.45) is 0. The van der Waals surface area contributed by atoms with E-state index < -0.39 is 11.6 Å². The minimum absolute atomic E-state index is 0.174. The Kier molecular flexibility index (Phi) is 4.32. The lowest BCUT2D eigenvalue weighted by molar-refractivity contribution is 0.505.